The Morgan fingerprint density at radius 1 is 1.24 bits per heavy atom. The molecular formula is C19H17F2N3O. The fourth-order valence-corrected chi connectivity index (χ4v) is 3.91. The Hall–Kier alpha value is -2.63. The van der Waals surface area contributed by atoms with Crippen LogP contribution < -0.4 is 5.32 Å². The highest BCUT2D eigenvalue weighted by atomic mass is 19.3. The number of amidine groups is 1. The van der Waals surface area contributed by atoms with E-state index >= 15 is 0 Å². The smallest absolute Gasteiger partial charge is 0.270 e. The van der Waals surface area contributed by atoms with E-state index in [1.165, 1.54) is 12.1 Å². The molecule has 1 aromatic carbocycles. The number of nitrogens with one attached hydrogen (secondary N) is 1. The van der Waals surface area contributed by atoms with Gasteiger partial charge in [0.05, 0.1) is 0 Å². The van der Waals surface area contributed by atoms with E-state index in [4.69, 9.17) is 0 Å². The number of aromatic nitrogens is 1. The third-order valence-corrected chi connectivity index (χ3v) is 5.14. The van der Waals surface area contributed by atoms with Gasteiger partial charge in [0.1, 0.15) is 11.3 Å². The molecule has 1 atom stereocenters. The van der Waals surface area contributed by atoms with Crippen LogP contribution in [0.25, 0.3) is 0 Å². The Kier molecular flexibility index (Phi) is 3.29. The van der Waals surface area contributed by atoms with Crippen molar-refractivity contribution in [3.05, 3.63) is 64.5 Å². The quantitative estimate of drug-likeness (QED) is 0.868. The van der Waals surface area contributed by atoms with Gasteiger partial charge < -0.3 is 5.32 Å². The average molecular weight is 341 g/mol. The van der Waals surface area contributed by atoms with Gasteiger partial charge in [-0.1, -0.05) is 18.2 Å². The molecule has 1 unspecified atom stereocenters. The number of alkyl halides is 2. The van der Waals surface area contributed by atoms with Crippen LogP contribution in [-0.2, 0) is 22.6 Å². The zero-order valence-electron chi connectivity index (χ0n) is 13.9. The van der Waals surface area contributed by atoms with E-state index in [1.807, 2.05) is 6.07 Å². The molecule has 4 nitrogen and oxygen atoms in total. The van der Waals surface area contributed by atoms with Gasteiger partial charge in [0.15, 0.2) is 0 Å². The van der Waals surface area contributed by atoms with Crippen LogP contribution in [-0.4, -0.2) is 23.8 Å². The second-order valence-electron chi connectivity index (χ2n) is 6.57. The first-order valence-electron chi connectivity index (χ1n) is 8.16. The van der Waals surface area contributed by atoms with Crippen molar-refractivity contribution in [2.24, 2.45) is 4.99 Å². The number of amides is 1. The molecule has 2 aromatic rings. The lowest BCUT2D eigenvalue weighted by molar-refractivity contribution is -0.122. The molecule has 1 amide bonds. The number of carbonyl (C=O) groups excluding carboxylic acids is 1. The van der Waals surface area contributed by atoms with Crippen LogP contribution in [0.5, 0.6) is 0 Å². The zero-order valence-corrected chi connectivity index (χ0v) is 13.9. The van der Waals surface area contributed by atoms with E-state index in [2.05, 4.69) is 15.3 Å². The summed E-state index contributed by atoms with van der Waals surface area (Å²) in [5.41, 5.74) is 1.75. The molecule has 0 saturated heterocycles. The van der Waals surface area contributed by atoms with Crippen LogP contribution in [0.4, 0.5) is 8.78 Å². The Labute approximate surface area is 144 Å². The SMILES string of the molecule is CNC1=NC(=O)C2(CCc3ncccc32)c2cc(C(C)(F)F)ccc21. The summed E-state index contributed by atoms with van der Waals surface area (Å²) in [6.07, 6.45) is 2.80. The van der Waals surface area contributed by atoms with Gasteiger partial charge in [-0.15, -0.1) is 0 Å². The maximum Gasteiger partial charge on any atom is 0.270 e. The summed E-state index contributed by atoms with van der Waals surface area (Å²) < 4.78 is 27.9. The molecule has 128 valence electrons. The number of pyridine rings is 1. The maximum absolute atomic E-state index is 13.9. The number of hydrogen-bond acceptors (Lipinski definition) is 3. The Bertz CT molecular complexity index is 917. The Morgan fingerprint density at radius 2 is 2.04 bits per heavy atom. The van der Waals surface area contributed by atoms with E-state index in [0.717, 1.165) is 18.2 Å². The third kappa shape index (κ3) is 2.13. The molecule has 1 spiro atoms. The lowest BCUT2D eigenvalue weighted by atomic mass is 9.71. The molecular weight excluding hydrogens is 324 g/mol. The van der Waals surface area contributed by atoms with Crippen molar-refractivity contribution in [1.82, 2.24) is 10.3 Å². The molecule has 25 heavy (non-hydrogen) atoms. The van der Waals surface area contributed by atoms with Crippen LogP contribution in [0.15, 0.2) is 41.5 Å². The molecule has 2 aliphatic rings. The van der Waals surface area contributed by atoms with E-state index in [9.17, 15) is 13.6 Å². The summed E-state index contributed by atoms with van der Waals surface area (Å²) in [5.74, 6) is -2.90. The Balaban J connectivity index is 2.04. The van der Waals surface area contributed by atoms with Gasteiger partial charge in [0.25, 0.3) is 11.8 Å². The van der Waals surface area contributed by atoms with Gasteiger partial charge in [-0.3, -0.25) is 9.78 Å². The number of halogens is 2. The second-order valence-corrected chi connectivity index (χ2v) is 6.57. The highest BCUT2D eigenvalue weighted by molar-refractivity contribution is 6.14. The predicted molar refractivity (Wildman–Crippen MR) is 90.0 cm³/mol. The first-order valence-corrected chi connectivity index (χ1v) is 8.16. The molecule has 1 aliphatic carbocycles. The van der Waals surface area contributed by atoms with E-state index < -0.39 is 11.3 Å². The monoisotopic (exact) mass is 341 g/mol. The number of benzene rings is 1. The minimum Gasteiger partial charge on any atom is -0.373 e. The minimum atomic E-state index is -2.98. The fraction of sp³-hybridized carbons (Fsp3) is 0.316. The summed E-state index contributed by atoms with van der Waals surface area (Å²) in [5, 5.41) is 2.91. The zero-order chi connectivity index (χ0) is 17.8. The third-order valence-electron chi connectivity index (χ3n) is 5.14. The topological polar surface area (TPSA) is 54.4 Å². The number of rotatable bonds is 1. The summed E-state index contributed by atoms with van der Waals surface area (Å²) in [6.45, 7) is 0.864. The number of fused-ring (bicyclic) bond motifs is 4. The summed E-state index contributed by atoms with van der Waals surface area (Å²) in [4.78, 5) is 21.6. The molecule has 0 fully saturated rings. The highest BCUT2D eigenvalue weighted by Crippen LogP contribution is 2.48. The normalized spacial score (nSPS) is 21.8. The standard InChI is InChI=1S/C19H17F2N3O/c1-18(20,21)11-5-6-12-14(10-11)19(17(25)24-16(12)22-2)8-7-15-13(19)4-3-9-23-15/h3-6,9-10H,7-8H2,1-2H3,(H,22,24,25). The van der Waals surface area contributed by atoms with Crippen LogP contribution in [0.3, 0.4) is 0 Å². The first-order chi connectivity index (χ1) is 11.9. The first kappa shape index (κ1) is 15.9. The molecule has 0 bridgehead atoms. The summed E-state index contributed by atoms with van der Waals surface area (Å²) in [6, 6.07) is 8.11. The van der Waals surface area contributed by atoms with Crippen molar-refractivity contribution < 1.29 is 13.6 Å². The van der Waals surface area contributed by atoms with Crippen LogP contribution in [0.2, 0.25) is 0 Å². The molecule has 2 heterocycles. The molecule has 1 aromatic heterocycles. The number of aliphatic imine (C=N–C) groups is 1. The van der Waals surface area contributed by atoms with Gasteiger partial charge in [-0.05, 0) is 36.1 Å². The molecule has 1 N–H and O–H groups in total. The minimum absolute atomic E-state index is 0.104. The largest absolute Gasteiger partial charge is 0.373 e. The maximum atomic E-state index is 13.9. The van der Waals surface area contributed by atoms with Crippen LogP contribution in [0, 0.1) is 0 Å². The fourth-order valence-electron chi connectivity index (χ4n) is 3.91. The van der Waals surface area contributed by atoms with E-state index in [1.54, 1.807) is 25.4 Å². The summed E-state index contributed by atoms with van der Waals surface area (Å²) in [7, 11) is 1.67. The number of nitrogens with zero attached hydrogens (tertiary/aromatic N) is 2. The van der Waals surface area contributed by atoms with Crippen molar-refractivity contribution in [2.45, 2.75) is 31.1 Å². The van der Waals surface area contributed by atoms with Crippen molar-refractivity contribution in [1.29, 1.82) is 0 Å². The van der Waals surface area contributed by atoms with Crippen molar-refractivity contribution in [3.63, 3.8) is 0 Å². The van der Waals surface area contributed by atoms with Gasteiger partial charge in [0.2, 0.25) is 0 Å². The Morgan fingerprint density at radius 3 is 2.76 bits per heavy atom. The number of aryl methyl sites for hydroxylation is 1. The molecule has 0 saturated carbocycles. The second kappa shape index (κ2) is 5.18. The molecule has 6 heteroatoms. The molecule has 4 rings (SSSR count). The predicted octanol–water partition coefficient (Wildman–Crippen LogP) is 2.93. The molecule has 0 radical (unpaired) electrons. The van der Waals surface area contributed by atoms with Crippen molar-refractivity contribution >= 4 is 11.7 Å². The van der Waals surface area contributed by atoms with Gasteiger partial charge in [-0.2, -0.15) is 4.99 Å². The lowest BCUT2D eigenvalue weighted by Gasteiger charge is -2.34. The average Bonchev–Trinajstić information content (AvgIpc) is 2.98. The van der Waals surface area contributed by atoms with Gasteiger partial charge in [0, 0.05) is 37.0 Å². The van der Waals surface area contributed by atoms with Gasteiger partial charge in [-0.25, -0.2) is 8.78 Å². The van der Waals surface area contributed by atoms with Crippen molar-refractivity contribution in [2.75, 3.05) is 7.05 Å². The van der Waals surface area contributed by atoms with Crippen LogP contribution >= 0.6 is 0 Å². The lowest BCUT2D eigenvalue weighted by Crippen LogP contribution is -2.42. The van der Waals surface area contributed by atoms with Crippen LogP contribution in [0.1, 0.15) is 41.3 Å². The molecule has 1 aliphatic heterocycles. The van der Waals surface area contributed by atoms with E-state index in [-0.39, 0.29) is 11.5 Å². The van der Waals surface area contributed by atoms with E-state index in [0.29, 0.717) is 29.8 Å². The number of hydrogen-bond donors (Lipinski definition) is 1. The summed E-state index contributed by atoms with van der Waals surface area (Å²) >= 11 is 0. The van der Waals surface area contributed by atoms with Crippen molar-refractivity contribution in [3.8, 4) is 0 Å². The number of carbonyl (C=O) groups is 1. The highest BCUT2D eigenvalue weighted by Gasteiger charge is 2.51. The van der Waals surface area contributed by atoms with Gasteiger partial charge >= 0.3 is 0 Å².